The molecule has 0 spiro atoms. The number of carbonyl (C=O) groups is 2. The molecule has 0 atom stereocenters. The standard InChI is InChI=1S/C22H17F3O5S/c1-3-18(26)28-11-5-6-13-7-8-14-15-9-10-16(29-19(27)4-2)20(30-22(23,24)25)21(15)31-17(14)12-13/h3-4,7-10,12H,1-2,5-6,11H2. The number of alkyl halides is 3. The number of halogens is 3. The Hall–Kier alpha value is -3.33. The van der Waals surface area contributed by atoms with Gasteiger partial charge >= 0.3 is 18.3 Å². The summed E-state index contributed by atoms with van der Waals surface area (Å²) in [6, 6.07) is 8.38. The van der Waals surface area contributed by atoms with Gasteiger partial charge < -0.3 is 14.2 Å². The normalized spacial score (nSPS) is 11.3. The molecule has 0 saturated heterocycles. The predicted octanol–water partition coefficient (Wildman–Crippen LogP) is 5.71. The Kier molecular flexibility index (Phi) is 6.65. The third-order valence-corrected chi connectivity index (χ3v) is 5.41. The van der Waals surface area contributed by atoms with Gasteiger partial charge in [0, 0.05) is 27.6 Å². The fourth-order valence-electron chi connectivity index (χ4n) is 2.95. The Labute approximate surface area is 179 Å². The molecule has 2 aromatic carbocycles. The van der Waals surface area contributed by atoms with Gasteiger partial charge in [-0.3, -0.25) is 0 Å². The lowest BCUT2D eigenvalue weighted by atomic mass is 10.1. The monoisotopic (exact) mass is 450 g/mol. The Bertz CT molecular complexity index is 1160. The SMILES string of the molecule is C=CC(=O)OCCCc1ccc2c(c1)sc1c(OC(F)(F)F)c(OC(=O)C=C)ccc12. The van der Waals surface area contributed by atoms with Gasteiger partial charge in [-0.2, -0.15) is 0 Å². The van der Waals surface area contributed by atoms with Crippen molar-refractivity contribution in [3.05, 3.63) is 61.2 Å². The summed E-state index contributed by atoms with van der Waals surface area (Å²) in [6.45, 7) is 6.80. The number of fused-ring (bicyclic) bond motifs is 3. The zero-order valence-corrected chi connectivity index (χ0v) is 17.0. The quantitative estimate of drug-likeness (QED) is 0.191. The van der Waals surface area contributed by atoms with E-state index in [2.05, 4.69) is 17.9 Å². The maximum Gasteiger partial charge on any atom is 0.573 e. The van der Waals surface area contributed by atoms with Crippen molar-refractivity contribution in [2.24, 2.45) is 0 Å². The zero-order valence-electron chi connectivity index (χ0n) is 16.2. The maximum atomic E-state index is 13.0. The lowest BCUT2D eigenvalue weighted by molar-refractivity contribution is -0.274. The second kappa shape index (κ2) is 9.22. The molecule has 0 amide bonds. The maximum absolute atomic E-state index is 13.0. The summed E-state index contributed by atoms with van der Waals surface area (Å²) in [4.78, 5) is 22.6. The number of esters is 2. The Morgan fingerprint density at radius 1 is 1.03 bits per heavy atom. The molecular weight excluding hydrogens is 433 g/mol. The first kappa shape index (κ1) is 22.4. The van der Waals surface area contributed by atoms with Crippen LogP contribution >= 0.6 is 11.3 Å². The highest BCUT2D eigenvalue weighted by atomic mass is 32.1. The topological polar surface area (TPSA) is 61.8 Å². The summed E-state index contributed by atoms with van der Waals surface area (Å²) in [5.41, 5.74) is 0.935. The van der Waals surface area contributed by atoms with Crippen molar-refractivity contribution in [2.45, 2.75) is 19.2 Å². The smallest absolute Gasteiger partial charge is 0.463 e. The average Bonchev–Trinajstić information content (AvgIpc) is 3.09. The van der Waals surface area contributed by atoms with Gasteiger partial charge in [-0.25, -0.2) is 9.59 Å². The molecule has 0 aliphatic rings. The number of aryl methyl sites for hydroxylation is 1. The van der Waals surface area contributed by atoms with Crippen LogP contribution in [0.1, 0.15) is 12.0 Å². The molecule has 0 aliphatic carbocycles. The number of hydrogen-bond acceptors (Lipinski definition) is 6. The number of hydrogen-bond donors (Lipinski definition) is 0. The van der Waals surface area contributed by atoms with Crippen LogP contribution in [0.4, 0.5) is 13.2 Å². The highest BCUT2D eigenvalue weighted by molar-refractivity contribution is 7.26. The predicted molar refractivity (Wildman–Crippen MR) is 111 cm³/mol. The van der Waals surface area contributed by atoms with Crippen LogP contribution in [0.5, 0.6) is 11.5 Å². The van der Waals surface area contributed by atoms with Crippen molar-refractivity contribution in [3.63, 3.8) is 0 Å². The second-order valence-electron chi connectivity index (χ2n) is 6.35. The molecule has 3 aromatic rings. The summed E-state index contributed by atoms with van der Waals surface area (Å²) < 4.78 is 54.1. The highest BCUT2D eigenvalue weighted by Gasteiger charge is 2.34. The average molecular weight is 450 g/mol. The van der Waals surface area contributed by atoms with E-state index in [1.54, 1.807) is 6.07 Å². The fourth-order valence-corrected chi connectivity index (χ4v) is 4.19. The second-order valence-corrected chi connectivity index (χ2v) is 7.40. The van der Waals surface area contributed by atoms with E-state index in [1.807, 2.05) is 18.2 Å². The molecule has 0 bridgehead atoms. The van der Waals surface area contributed by atoms with E-state index in [9.17, 15) is 22.8 Å². The summed E-state index contributed by atoms with van der Waals surface area (Å²) in [6.07, 6.45) is -1.83. The van der Waals surface area contributed by atoms with E-state index < -0.39 is 24.1 Å². The third kappa shape index (κ3) is 5.43. The van der Waals surface area contributed by atoms with Gasteiger partial charge in [0.1, 0.15) is 0 Å². The third-order valence-electron chi connectivity index (χ3n) is 4.24. The zero-order chi connectivity index (χ0) is 22.6. The summed E-state index contributed by atoms with van der Waals surface area (Å²) >= 11 is 1.10. The molecule has 0 aliphatic heterocycles. The molecule has 1 heterocycles. The van der Waals surface area contributed by atoms with E-state index in [4.69, 9.17) is 9.47 Å². The minimum absolute atomic E-state index is 0.207. The molecule has 0 fully saturated rings. The van der Waals surface area contributed by atoms with E-state index >= 15 is 0 Å². The number of thiophene rings is 1. The van der Waals surface area contributed by atoms with Gasteiger partial charge in [0.25, 0.3) is 0 Å². The van der Waals surface area contributed by atoms with Gasteiger partial charge in [-0.05, 0) is 36.6 Å². The molecule has 3 rings (SSSR count). The summed E-state index contributed by atoms with van der Waals surface area (Å²) in [7, 11) is 0. The van der Waals surface area contributed by atoms with Crippen LogP contribution in [0.2, 0.25) is 0 Å². The van der Waals surface area contributed by atoms with E-state index in [-0.39, 0.29) is 17.1 Å². The Morgan fingerprint density at radius 2 is 1.74 bits per heavy atom. The van der Waals surface area contributed by atoms with Gasteiger partial charge in [0.2, 0.25) is 0 Å². The number of carbonyl (C=O) groups excluding carboxylic acids is 2. The highest BCUT2D eigenvalue weighted by Crippen LogP contribution is 2.46. The van der Waals surface area contributed by atoms with E-state index in [0.717, 1.165) is 39.1 Å². The van der Waals surface area contributed by atoms with Crippen molar-refractivity contribution in [1.29, 1.82) is 0 Å². The molecular formula is C22H17F3O5S. The molecule has 0 saturated carbocycles. The molecule has 0 radical (unpaired) electrons. The molecule has 31 heavy (non-hydrogen) atoms. The fraction of sp³-hybridized carbons (Fsp3) is 0.182. The first-order valence-corrected chi connectivity index (χ1v) is 9.91. The molecule has 162 valence electrons. The number of benzene rings is 2. The van der Waals surface area contributed by atoms with Crippen LogP contribution in [0.25, 0.3) is 20.2 Å². The minimum atomic E-state index is -4.96. The van der Waals surface area contributed by atoms with E-state index in [0.29, 0.717) is 18.2 Å². The first-order chi connectivity index (χ1) is 14.7. The van der Waals surface area contributed by atoms with Crippen LogP contribution in [0, 0.1) is 0 Å². The minimum Gasteiger partial charge on any atom is -0.463 e. The summed E-state index contributed by atoms with van der Waals surface area (Å²) in [5, 5.41) is 1.29. The molecule has 9 heteroatoms. The lowest BCUT2D eigenvalue weighted by Crippen LogP contribution is -2.18. The van der Waals surface area contributed by atoms with Crippen molar-refractivity contribution in [1.82, 2.24) is 0 Å². The van der Waals surface area contributed by atoms with Crippen LogP contribution in [-0.4, -0.2) is 24.9 Å². The van der Waals surface area contributed by atoms with Crippen LogP contribution < -0.4 is 9.47 Å². The van der Waals surface area contributed by atoms with Gasteiger partial charge in [0.05, 0.1) is 11.3 Å². The van der Waals surface area contributed by atoms with Crippen molar-refractivity contribution in [3.8, 4) is 11.5 Å². The van der Waals surface area contributed by atoms with Crippen LogP contribution in [-0.2, 0) is 20.7 Å². The van der Waals surface area contributed by atoms with Crippen LogP contribution in [0.15, 0.2) is 55.6 Å². The molecule has 1 aromatic heterocycles. The van der Waals surface area contributed by atoms with Gasteiger partial charge in [-0.1, -0.05) is 25.3 Å². The van der Waals surface area contributed by atoms with Crippen molar-refractivity contribution < 1.29 is 37.0 Å². The first-order valence-electron chi connectivity index (χ1n) is 9.09. The Balaban J connectivity index is 1.96. The molecule has 0 N–H and O–H groups in total. The Morgan fingerprint density at radius 3 is 2.42 bits per heavy atom. The number of rotatable bonds is 8. The summed E-state index contributed by atoms with van der Waals surface area (Å²) in [5.74, 6) is -2.30. The van der Waals surface area contributed by atoms with Crippen LogP contribution in [0.3, 0.4) is 0 Å². The lowest BCUT2D eigenvalue weighted by Gasteiger charge is -2.13. The number of ether oxygens (including phenoxy) is 3. The molecule has 5 nitrogen and oxygen atoms in total. The van der Waals surface area contributed by atoms with Gasteiger partial charge in [0.15, 0.2) is 11.5 Å². The van der Waals surface area contributed by atoms with Crippen molar-refractivity contribution in [2.75, 3.05) is 6.61 Å². The van der Waals surface area contributed by atoms with Gasteiger partial charge in [-0.15, -0.1) is 24.5 Å². The van der Waals surface area contributed by atoms with Crippen molar-refractivity contribution >= 4 is 43.4 Å². The van der Waals surface area contributed by atoms with E-state index in [1.165, 1.54) is 6.07 Å². The molecule has 0 unspecified atom stereocenters. The largest absolute Gasteiger partial charge is 0.573 e.